The molecule has 0 radical (unpaired) electrons. The fourth-order valence-corrected chi connectivity index (χ4v) is 3.10. The molecule has 18 heavy (non-hydrogen) atoms. The Bertz CT molecular complexity index is 557. The highest BCUT2D eigenvalue weighted by Crippen LogP contribution is 2.32. The number of alkyl halides is 1. The molecule has 0 aliphatic carbocycles. The smallest absolute Gasteiger partial charge is 0.146 e. The standard InChI is InChI=1S/C14H10Br2ClF/c15-10-4-1-3-9(7-10)8-12(16)11-5-2-6-13(17)14(11)18/h1-7,12H,8H2. The van der Waals surface area contributed by atoms with E-state index in [4.69, 9.17) is 11.6 Å². The second kappa shape index (κ2) is 6.18. The van der Waals surface area contributed by atoms with Gasteiger partial charge in [0.2, 0.25) is 0 Å². The van der Waals surface area contributed by atoms with Crippen molar-refractivity contribution in [2.75, 3.05) is 0 Å². The van der Waals surface area contributed by atoms with Crippen molar-refractivity contribution in [1.82, 2.24) is 0 Å². The van der Waals surface area contributed by atoms with Crippen molar-refractivity contribution in [2.45, 2.75) is 11.2 Å². The molecular formula is C14H10Br2ClF. The predicted octanol–water partition coefficient (Wildman–Crippen LogP) is 5.92. The van der Waals surface area contributed by atoms with E-state index in [9.17, 15) is 4.39 Å². The van der Waals surface area contributed by atoms with Crippen LogP contribution in [0.2, 0.25) is 5.02 Å². The van der Waals surface area contributed by atoms with Crippen molar-refractivity contribution >= 4 is 43.5 Å². The van der Waals surface area contributed by atoms with Crippen LogP contribution in [-0.4, -0.2) is 0 Å². The number of hydrogen-bond acceptors (Lipinski definition) is 0. The van der Waals surface area contributed by atoms with Gasteiger partial charge in [0.1, 0.15) is 5.82 Å². The highest BCUT2D eigenvalue weighted by atomic mass is 79.9. The Balaban J connectivity index is 2.22. The quantitative estimate of drug-likeness (QED) is 0.569. The van der Waals surface area contributed by atoms with Crippen molar-refractivity contribution < 1.29 is 4.39 Å². The molecule has 0 saturated carbocycles. The highest BCUT2D eigenvalue weighted by Gasteiger charge is 2.15. The SMILES string of the molecule is Fc1c(Cl)cccc1C(Br)Cc1cccc(Br)c1. The molecule has 2 rings (SSSR count). The third-order valence-corrected chi connectivity index (χ3v) is 4.23. The lowest BCUT2D eigenvalue weighted by Crippen LogP contribution is -1.99. The summed E-state index contributed by atoms with van der Waals surface area (Å²) in [5, 5.41) is 0.159. The first-order valence-electron chi connectivity index (χ1n) is 5.40. The van der Waals surface area contributed by atoms with E-state index in [-0.39, 0.29) is 15.7 Å². The maximum Gasteiger partial charge on any atom is 0.146 e. The first-order valence-corrected chi connectivity index (χ1v) is 7.49. The zero-order valence-electron chi connectivity index (χ0n) is 9.34. The van der Waals surface area contributed by atoms with Crippen LogP contribution in [0.15, 0.2) is 46.9 Å². The van der Waals surface area contributed by atoms with Crippen LogP contribution >= 0.6 is 43.5 Å². The average molecular weight is 392 g/mol. The van der Waals surface area contributed by atoms with Crippen LogP contribution in [0.5, 0.6) is 0 Å². The Morgan fingerprint density at radius 2 is 1.89 bits per heavy atom. The fourth-order valence-electron chi connectivity index (χ4n) is 1.74. The van der Waals surface area contributed by atoms with E-state index < -0.39 is 0 Å². The summed E-state index contributed by atoms with van der Waals surface area (Å²) in [6.45, 7) is 0. The second-order valence-electron chi connectivity index (χ2n) is 3.94. The Kier molecular flexibility index (Phi) is 4.82. The van der Waals surface area contributed by atoms with Gasteiger partial charge in [-0.3, -0.25) is 0 Å². The topological polar surface area (TPSA) is 0 Å². The Morgan fingerprint density at radius 1 is 1.17 bits per heavy atom. The third kappa shape index (κ3) is 3.34. The zero-order valence-corrected chi connectivity index (χ0v) is 13.3. The van der Waals surface area contributed by atoms with Crippen LogP contribution < -0.4 is 0 Å². The second-order valence-corrected chi connectivity index (χ2v) is 6.37. The fraction of sp³-hybridized carbons (Fsp3) is 0.143. The largest absolute Gasteiger partial charge is 0.205 e. The van der Waals surface area contributed by atoms with Crippen LogP contribution in [0.25, 0.3) is 0 Å². The summed E-state index contributed by atoms with van der Waals surface area (Å²) >= 11 is 12.7. The number of rotatable bonds is 3. The minimum atomic E-state index is -0.351. The van der Waals surface area contributed by atoms with Gasteiger partial charge in [0.25, 0.3) is 0 Å². The molecule has 0 amide bonds. The van der Waals surface area contributed by atoms with Gasteiger partial charge in [0, 0.05) is 14.9 Å². The van der Waals surface area contributed by atoms with Crippen LogP contribution in [0.3, 0.4) is 0 Å². The molecule has 0 spiro atoms. The van der Waals surface area contributed by atoms with Crippen molar-refractivity contribution in [3.8, 4) is 0 Å². The normalized spacial score (nSPS) is 12.4. The number of benzene rings is 2. The maximum atomic E-state index is 13.9. The average Bonchev–Trinajstić information content (AvgIpc) is 2.32. The lowest BCUT2D eigenvalue weighted by Gasteiger charge is -2.12. The minimum absolute atomic E-state index is 0.0921. The molecule has 0 bridgehead atoms. The van der Waals surface area contributed by atoms with E-state index in [1.807, 2.05) is 24.3 Å². The summed E-state index contributed by atoms with van der Waals surface area (Å²) in [5.74, 6) is -0.351. The summed E-state index contributed by atoms with van der Waals surface area (Å²) < 4.78 is 14.9. The van der Waals surface area contributed by atoms with E-state index in [0.29, 0.717) is 12.0 Å². The van der Waals surface area contributed by atoms with Crippen LogP contribution in [-0.2, 0) is 6.42 Å². The van der Waals surface area contributed by atoms with Gasteiger partial charge in [-0.05, 0) is 30.2 Å². The van der Waals surface area contributed by atoms with Crippen molar-refractivity contribution in [3.63, 3.8) is 0 Å². The molecule has 0 aliphatic heterocycles. The monoisotopic (exact) mass is 390 g/mol. The molecule has 2 aromatic rings. The molecule has 4 heteroatoms. The van der Waals surface area contributed by atoms with Crippen LogP contribution in [0, 0.1) is 5.82 Å². The van der Waals surface area contributed by atoms with Crippen molar-refractivity contribution in [1.29, 1.82) is 0 Å². The summed E-state index contributed by atoms with van der Waals surface area (Å²) in [5.41, 5.74) is 1.72. The summed E-state index contributed by atoms with van der Waals surface area (Å²) in [6, 6.07) is 13.0. The highest BCUT2D eigenvalue weighted by molar-refractivity contribution is 9.10. The molecular weight excluding hydrogens is 382 g/mol. The van der Waals surface area contributed by atoms with E-state index in [0.717, 1.165) is 10.0 Å². The lowest BCUT2D eigenvalue weighted by atomic mass is 10.0. The molecule has 1 unspecified atom stereocenters. The zero-order chi connectivity index (χ0) is 13.1. The number of hydrogen-bond donors (Lipinski definition) is 0. The Hall–Kier alpha value is -0.380. The van der Waals surface area contributed by atoms with Gasteiger partial charge in [-0.1, -0.05) is 67.7 Å². The first kappa shape index (κ1) is 14.0. The third-order valence-electron chi connectivity index (χ3n) is 2.62. The van der Waals surface area contributed by atoms with E-state index in [1.54, 1.807) is 18.2 Å². The molecule has 0 aliphatic rings. The molecule has 2 aromatic carbocycles. The molecule has 0 aromatic heterocycles. The molecule has 0 fully saturated rings. The molecule has 0 N–H and O–H groups in total. The van der Waals surface area contributed by atoms with Gasteiger partial charge in [-0.25, -0.2) is 4.39 Å². The summed E-state index contributed by atoms with van der Waals surface area (Å²) in [6.07, 6.45) is 0.705. The van der Waals surface area contributed by atoms with Gasteiger partial charge in [-0.15, -0.1) is 0 Å². The Labute approximate surface area is 127 Å². The maximum absolute atomic E-state index is 13.9. The molecule has 0 nitrogen and oxygen atoms in total. The summed E-state index contributed by atoms with van der Waals surface area (Å²) in [4.78, 5) is -0.0921. The van der Waals surface area contributed by atoms with Crippen LogP contribution in [0.1, 0.15) is 16.0 Å². The van der Waals surface area contributed by atoms with E-state index in [1.165, 1.54) is 0 Å². The molecule has 0 saturated heterocycles. The molecule has 94 valence electrons. The molecule has 0 heterocycles. The van der Waals surface area contributed by atoms with Crippen molar-refractivity contribution in [3.05, 3.63) is 68.9 Å². The van der Waals surface area contributed by atoms with Gasteiger partial charge >= 0.3 is 0 Å². The number of halogens is 4. The van der Waals surface area contributed by atoms with Crippen LogP contribution in [0.4, 0.5) is 4.39 Å². The van der Waals surface area contributed by atoms with E-state index in [2.05, 4.69) is 31.9 Å². The lowest BCUT2D eigenvalue weighted by molar-refractivity contribution is 0.608. The minimum Gasteiger partial charge on any atom is -0.205 e. The Morgan fingerprint density at radius 3 is 2.61 bits per heavy atom. The predicted molar refractivity (Wildman–Crippen MR) is 80.9 cm³/mol. The van der Waals surface area contributed by atoms with E-state index >= 15 is 0 Å². The van der Waals surface area contributed by atoms with Crippen molar-refractivity contribution in [2.24, 2.45) is 0 Å². The van der Waals surface area contributed by atoms with Gasteiger partial charge < -0.3 is 0 Å². The van der Waals surface area contributed by atoms with Gasteiger partial charge in [0.05, 0.1) is 5.02 Å². The summed E-state index contributed by atoms with van der Waals surface area (Å²) in [7, 11) is 0. The van der Waals surface area contributed by atoms with Gasteiger partial charge in [0.15, 0.2) is 0 Å². The first-order chi connectivity index (χ1) is 8.58. The molecule has 1 atom stereocenters. The van der Waals surface area contributed by atoms with Gasteiger partial charge in [-0.2, -0.15) is 0 Å².